The zero-order valence-electron chi connectivity index (χ0n) is 14.5. The highest BCUT2D eigenvalue weighted by atomic mass is 16.5. The molecule has 0 spiro atoms. The number of β-amino-alcohol motifs (C(OH)–C–C–N with tert-alkyl or cyclic N) is 1. The van der Waals surface area contributed by atoms with Crippen molar-refractivity contribution in [1.29, 1.82) is 0 Å². The first-order valence-electron chi connectivity index (χ1n) is 8.57. The number of rotatable bonds is 8. The van der Waals surface area contributed by atoms with Crippen LogP contribution in [-0.4, -0.2) is 55.6 Å². The SMILES string of the molecule is COCCOc1ccc(CN2C[C@H](Oc3ccccc3)[C@@H](O)C2)cc1. The van der Waals surface area contributed by atoms with Gasteiger partial charge in [0.25, 0.3) is 0 Å². The molecule has 2 aromatic rings. The molecule has 2 aromatic carbocycles. The van der Waals surface area contributed by atoms with Crippen molar-refractivity contribution in [3.05, 3.63) is 60.2 Å². The quantitative estimate of drug-likeness (QED) is 0.746. The van der Waals surface area contributed by atoms with E-state index >= 15 is 0 Å². The smallest absolute Gasteiger partial charge is 0.138 e. The number of likely N-dealkylation sites (tertiary alicyclic amines) is 1. The first kappa shape index (κ1) is 17.7. The summed E-state index contributed by atoms with van der Waals surface area (Å²) in [6.45, 7) is 3.23. The third-order valence-corrected chi connectivity index (χ3v) is 4.23. The molecule has 1 fully saturated rings. The van der Waals surface area contributed by atoms with Crippen molar-refractivity contribution in [3.8, 4) is 11.5 Å². The fourth-order valence-electron chi connectivity index (χ4n) is 2.94. The van der Waals surface area contributed by atoms with Crippen LogP contribution >= 0.6 is 0 Å². The third-order valence-electron chi connectivity index (χ3n) is 4.23. The summed E-state index contributed by atoms with van der Waals surface area (Å²) in [5, 5.41) is 10.3. The second kappa shape index (κ2) is 8.85. The minimum atomic E-state index is -0.475. The van der Waals surface area contributed by atoms with E-state index < -0.39 is 6.10 Å². The van der Waals surface area contributed by atoms with E-state index in [1.165, 1.54) is 5.56 Å². The van der Waals surface area contributed by atoms with Crippen LogP contribution in [0.1, 0.15) is 5.56 Å². The van der Waals surface area contributed by atoms with Crippen LogP contribution < -0.4 is 9.47 Å². The lowest BCUT2D eigenvalue weighted by Crippen LogP contribution is -2.29. The van der Waals surface area contributed by atoms with Gasteiger partial charge in [0.2, 0.25) is 0 Å². The average Bonchev–Trinajstić information content (AvgIpc) is 2.97. The summed E-state index contributed by atoms with van der Waals surface area (Å²) in [6, 6.07) is 17.7. The second-order valence-electron chi connectivity index (χ2n) is 6.22. The minimum absolute atomic E-state index is 0.195. The molecule has 1 N–H and O–H groups in total. The number of aliphatic hydroxyl groups is 1. The van der Waals surface area contributed by atoms with Crippen LogP contribution in [0.2, 0.25) is 0 Å². The predicted molar refractivity (Wildman–Crippen MR) is 96.0 cm³/mol. The van der Waals surface area contributed by atoms with E-state index in [-0.39, 0.29) is 6.10 Å². The van der Waals surface area contributed by atoms with Gasteiger partial charge in [-0.15, -0.1) is 0 Å². The maximum Gasteiger partial charge on any atom is 0.138 e. The Morgan fingerprint density at radius 1 is 0.960 bits per heavy atom. The van der Waals surface area contributed by atoms with Crippen LogP contribution in [0.5, 0.6) is 11.5 Å². The number of nitrogens with zero attached hydrogens (tertiary/aromatic N) is 1. The number of aliphatic hydroxyl groups excluding tert-OH is 1. The number of ether oxygens (including phenoxy) is 3. The maximum atomic E-state index is 10.3. The highest BCUT2D eigenvalue weighted by molar-refractivity contribution is 5.27. The Morgan fingerprint density at radius 3 is 2.44 bits per heavy atom. The predicted octanol–water partition coefficient (Wildman–Crippen LogP) is 2.34. The van der Waals surface area contributed by atoms with E-state index in [0.29, 0.717) is 26.3 Å². The summed E-state index contributed by atoms with van der Waals surface area (Å²) in [5.74, 6) is 1.64. The highest BCUT2D eigenvalue weighted by Crippen LogP contribution is 2.21. The Bertz CT molecular complexity index is 632. The molecule has 1 saturated heterocycles. The topological polar surface area (TPSA) is 51.2 Å². The Labute approximate surface area is 148 Å². The monoisotopic (exact) mass is 343 g/mol. The van der Waals surface area contributed by atoms with Crippen molar-refractivity contribution in [2.75, 3.05) is 33.4 Å². The van der Waals surface area contributed by atoms with Crippen LogP contribution in [0.3, 0.4) is 0 Å². The average molecular weight is 343 g/mol. The fourth-order valence-corrected chi connectivity index (χ4v) is 2.94. The molecule has 0 amide bonds. The van der Waals surface area contributed by atoms with E-state index in [1.54, 1.807) is 7.11 Å². The van der Waals surface area contributed by atoms with Crippen molar-refractivity contribution in [2.45, 2.75) is 18.8 Å². The van der Waals surface area contributed by atoms with Crippen LogP contribution in [0, 0.1) is 0 Å². The lowest BCUT2D eigenvalue weighted by molar-refractivity contribution is 0.0737. The van der Waals surface area contributed by atoms with Gasteiger partial charge in [-0.1, -0.05) is 30.3 Å². The van der Waals surface area contributed by atoms with Gasteiger partial charge in [0, 0.05) is 26.7 Å². The zero-order valence-corrected chi connectivity index (χ0v) is 14.5. The largest absolute Gasteiger partial charge is 0.491 e. The first-order chi connectivity index (χ1) is 12.2. The molecule has 0 radical (unpaired) electrons. The van der Waals surface area contributed by atoms with E-state index in [2.05, 4.69) is 17.0 Å². The Morgan fingerprint density at radius 2 is 1.72 bits per heavy atom. The summed E-state index contributed by atoms with van der Waals surface area (Å²) < 4.78 is 16.5. The first-order valence-corrected chi connectivity index (χ1v) is 8.57. The van der Waals surface area contributed by atoms with Crippen LogP contribution in [0.15, 0.2) is 54.6 Å². The molecule has 0 aromatic heterocycles. The molecule has 25 heavy (non-hydrogen) atoms. The van der Waals surface area contributed by atoms with Gasteiger partial charge in [0.1, 0.15) is 30.3 Å². The van der Waals surface area contributed by atoms with Gasteiger partial charge in [0.05, 0.1) is 6.61 Å². The number of methoxy groups -OCH3 is 1. The minimum Gasteiger partial charge on any atom is -0.491 e. The summed E-state index contributed by atoms with van der Waals surface area (Å²) in [4.78, 5) is 2.21. The molecule has 5 heteroatoms. The highest BCUT2D eigenvalue weighted by Gasteiger charge is 2.32. The lowest BCUT2D eigenvalue weighted by atomic mass is 10.2. The molecule has 1 aliphatic heterocycles. The lowest BCUT2D eigenvalue weighted by Gasteiger charge is -2.17. The Kier molecular flexibility index (Phi) is 6.28. The van der Waals surface area contributed by atoms with E-state index in [1.807, 2.05) is 42.5 Å². The number of hydrogen-bond donors (Lipinski definition) is 1. The molecule has 0 unspecified atom stereocenters. The molecular formula is C20H25NO4. The van der Waals surface area contributed by atoms with Gasteiger partial charge < -0.3 is 19.3 Å². The second-order valence-corrected chi connectivity index (χ2v) is 6.22. The number of para-hydroxylation sites is 1. The molecule has 2 atom stereocenters. The van der Waals surface area contributed by atoms with Gasteiger partial charge in [-0.3, -0.25) is 4.90 Å². The maximum absolute atomic E-state index is 10.3. The standard InChI is InChI=1S/C20H25NO4/c1-23-11-12-24-17-9-7-16(8-10-17)13-21-14-19(22)20(15-21)25-18-5-3-2-4-6-18/h2-10,19-20,22H,11-15H2,1H3/t19-,20-/m0/s1. The molecule has 134 valence electrons. The molecule has 3 rings (SSSR count). The van der Waals surface area contributed by atoms with Crippen LogP contribution in [-0.2, 0) is 11.3 Å². The molecule has 1 aliphatic rings. The van der Waals surface area contributed by atoms with E-state index in [0.717, 1.165) is 18.0 Å². The summed E-state index contributed by atoms with van der Waals surface area (Å²) >= 11 is 0. The Hall–Kier alpha value is -2.08. The van der Waals surface area contributed by atoms with Crippen molar-refractivity contribution in [2.24, 2.45) is 0 Å². The normalized spacial score (nSPS) is 20.6. The summed E-state index contributed by atoms with van der Waals surface area (Å²) in [6.07, 6.45) is -0.670. The molecule has 1 heterocycles. The van der Waals surface area contributed by atoms with Gasteiger partial charge in [-0.25, -0.2) is 0 Å². The zero-order chi connectivity index (χ0) is 17.5. The van der Waals surface area contributed by atoms with Crippen molar-refractivity contribution >= 4 is 0 Å². The summed E-state index contributed by atoms with van der Waals surface area (Å²) in [5.41, 5.74) is 1.19. The fraction of sp³-hybridized carbons (Fsp3) is 0.400. The van der Waals surface area contributed by atoms with Crippen LogP contribution in [0.25, 0.3) is 0 Å². The number of hydrogen-bond acceptors (Lipinski definition) is 5. The van der Waals surface area contributed by atoms with Gasteiger partial charge in [-0.05, 0) is 29.8 Å². The molecule has 5 nitrogen and oxygen atoms in total. The van der Waals surface area contributed by atoms with Gasteiger partial charge >= 0.3 is 0 Å². The van der Waals surface area contributed by atoms with Crippen molar-refractivity contribution in [3.63, 3.8) is 0 Å². The van der Waals surface area contributed by atoms with Crippen molar-refractivity contribution < 1.29 is 19.3 Å². The molecule has 0 aliphatic carbocycles. The summed E-state index contributed by atoms with van der Waals surface area (Å²) in [7, 11) is 1.66. The van der Waals surface area contributed by atoms with E-state index in [4.69, 9.17) is 14.2 Å². The third kappa shape index (κ3) is 5.19. The molecule has 0 saturated carbocycles. The number of benzene rings is 2. The molecule has 0 bridgehead atoms. The Balaban J connectivity index is 1.50. The van der Waals surface area contributed by atoms with Crippen molar-refractivity contribution in [1.82, 2.24) is 4.90 Å². The van der Waals surface area contributed by atoms with Gasteiger partial charge in [-0.2, -0.15) is 0 Å². The van der Waals surface area contributed by atoms with E-state index in [9.17, 15) is 5.11 Å². The van der Waals surface area contributed by atoms with Crippen LogP contribution in [0.4, 0.5) is 0 Å². The molecular weight excluding hydrogens is 318 g/mol. The van der Waals surface area contributed by atoms with Gasteiger partial charge in [0.15, 0.2) is 0 Å².